The van der Waals surface area contributed by atoms with Gasteiger partial charge in [-0.15, -0.1) is 6.42 Å². The van der Waals surface area contributed by atoms with Crippen LogP contribution < -0.4 is 14.8 Å². The van der Waals surface area contributed by atoms with E-state index in [1.54, 1.807) is 12.0 Å². The number of rotatable bonds is 6. The van der Waals surface area contributed by atoms with E-state index >= 15 is 0 Å². The minimum atomic E-state index is -0.468. The van der Waals surface area contributed by atoms with E-state index in [2.05, 4.69) is 21.2 Å². The number of nitrogens with zero attached hydrogens (tertiary/aromatic N) is 3. The van der Waals surface area contributed by atoms with Crippen molar-refractivity contribution >= 4 is 28.3 Å². The molecule has 3 aromatic rings. The fourth-order valence-electron chi connectivity index (χ4n) is 3.74. The second-order valence-corrected chi connectivity index (χ2v) is 7.45. The molecule has 0 atom stereocenters. The maximum absolute atomic E-state index is 11.7. The molecule has 0 radical (unpaired) electrons. The van der Waals surface area contributed by atoms with Crippen molar-refractivity contribution in [2.24, 2.45) is 0 Å². The lowest BCUT2D eigenvalue weighted by Crippen LogP contribution is -2.42. The van der Waals surface area contributed by atoms with Crippen LogP contribution >= 0.6 is 0 Å². The maximum Gasteiger partial charge on any atom is 0.248 e. The highest BCUT2D eigenvalue weighted by Crippen LogP contribution is 2.36. The smallest absolute Gasteiger partial charge is 0.248 e. The van der Waals surface area contributed by atoms with E-state index in [4.69, 9.17) is 21.0 Å². The summed E-state index contributed by atoms with van der Waals surface area (Å²) in [4.78, 5) is 22.1. The quantitative estimate of drug-likeness (QED) is 0.578. The summed E-state index contributed by atoms with van der Waals surface area (Å²) in [7, 11) is 1.59. The molecule has 0 aliphatic carbocycles. The number of aromatic nitrogens is 2. The SMILES string of the molecule is C#Cc1cccc(Nc2ncnc3cc(OC)c(OC4CCN(C(=O)CO)CC4)cc23)c1. The lowest BCUT2D eigenvalue weighted by atomic mass is 10.1. The molecule has 8 heteroatoms. The third kappa shape index (κ3) is 4.58. The average Bonchev–Trinajstić information content (AvgIpc) is 2.84. The lowest BCUT2D eigenvalue weighted by molar-refractivity contribution is -0.135. The molecule has 2 heterocycles. The number of carbonyl (C=O) groups excluding carboxylic acids is 1. The summed E-state index contributed by atoms with van der Waals surface area (Å²) < 4.78 is 11.8. The molecule has 164 valence electrons. The molecule has 32 heavy (non-hydrogen) atoms. The minimum Gasteiger partial charge on any atom is -0.493 e. The fourth-order valence-corrected chi connectivity index (χ4v) is 3.74. The maximum atomic E-state index is 11.7. The van der Waals surface area contributed by atoms with Gasteiger partial charge in [-0.2, -0.15) is 0 Å². The van der Waals surface area contributed by atoms with Gasteiger partial charge < -0.3 is 24.8 Å². The molecule has 1 fully saturated rings. The van der Waals surface area contributed by atoms with E-state index in [0.717, 1.165) is 16.6 Å². The second-order valence-electron chi connectivity index (χ2n) is 7.45. The van der Waals surface area contributed by atoms with Gasteiger partial charge in [-0.25, -0.2) is 9.97 Å². The highest BCUT2D eigenvalue weighted by molar-refractivity contribution is 5.93. The number of methoxy groups -OCH3 is 1. The summed E-state index contributed by atoms with van der Waals surface area (Å²) >= 11 is 0. The summed E-state index contributed by atoms with van der Waals surface area (Å²) in [5.41, 5.74) is 2.30. The first-order valence-electron chi connectivity index (χ1n) is 10.3. The van der Waals surface area contributed by atoms with Crippen LogP contribution in [0, 0.1) is 12.3 Å². The van der Waals surface area contributed by atoms with Gasteiger partial charge in [0.05, 0.1) is 12.6 Å². The number of terminal acetylenes is 1. The molecule has 2 aromatic carbocycles. The number of aliphatic hydroxyl groups is 1. The van der Waals surface area contributed by atoms with E-state index < -0.39 is 6.61 Å². The van der Waals surface area contributed by atoms with Gasteiger partial charge in [0.2, 0.25) is 5.91 Å². The number of ether oxygens (including phenoxy) is 2. The molecule has 0 saturated carbocycles. The third-order valence-electron chi connectivity index (χ3n) is 5.44. The first kappa shape index (κ1) is 21.4. The molecule has 1 aliphatic heterocycles. The Morgan fingerprint density at radius 2 is 2.06 bits per heavy atom. The van der Waals surface area contributed by atoms with Crippen molar-refractivity contribution in [3.8, 4) is 23.8 Å². The molecule has 2 N–H and O–H groups in total. The number of hydrogen-bond donors (Lipinski definition) is 2. The first-order valence-corrected chi connectivity index (χ1v) is 10.3. The molecular formula is C24H24N4O4. The van der Waals surface area contributed by atoms with Crippen molar-refractivity contribution in [3.05, 3.63) is 48.3 Å². The number of fused-ring (bicyclic) bond motifs is 1. The molecule has 4 rings (SSSR count). The number of anilines is 2. The summed E-state index contributed by atoms with van der Waals surface area (Å²) in [5, 5.41) is 13.1. The van der Waals surface area contributed by atoms with Crippen molar-refractivity contribution in [3.63, 3.8) is 0 Å². The van der Waals surface area contributed by atoms with E-state index in [-0.39, 0.29) is 12.0 Å². The van der Waals surface area contributed by atoms with Crippen molar-refractivity contribution in [2.75, 3.05) is 32.1 Å². The monoisotopic (exact) mass is 432 g/mol. The summed E-state index contributed by atoms with van der Waals surface area (Å²) in [6.45, 7) is 0.618. The number of nitrogens with one attached hydrogen (secondary N) is 1. The number of aliphatic hydroxyl groups excluding tert-OH is 1. The normalized spacial score (nSPS) is 14.1. The average molecular weight is 432 g/mol. The van der Waals surface area contributed by atoms with Crippen LogP contribution in [0.3, 0.4) is 0 Å². The zero-order valence-electron chi connectivity index (χ0n) is 17.7. The van der Waals surface area contributed by atoms with E-state index in [1.165, 1.54) is 6.33 Å². The standard InChI is InChI=1S/C24H24N4O4/c1-3-16-5-4-6-17(11-16)27-24-19-12-22(21(31-2)13-20(19)25-15-26-24)32-18-7-9-28(10-8-18)23(30)14-29/h1,4-6,11-13,15,18,29H,7-10,14H2,2H3,(H,25,26,27). The Balaban J connectivity index is 1.60. The Labute approximate surface area is 186 Å². The van der Waals surface area contributed by atoms with Crippen LogP contribution in [0.25, 0.3) is 10.9 Å². The summed E-state index contributed by atoms with van der Waals surface area (Å²) in [6, 6.07) is 11.2. The highest BCUT2D eigenvalue weighted by Gasteiger charge is 2.24. The van der Waals surface area contributed by atoms with E-state index in [0.29, 0.717) is 48.8 Å². The zero-order chi connectivity index (χ0) is 22.5. The molecular weight excluding hydrogens is 408 g/mol. The van der Waals surface area contributed by atoms with Crippen LogP contribution in [0.15, 0.2) is 42.7 Å². The van der Waals surface area contributed by atoms with Gasteiger partial charge in [0.25, 0.3) is 0 Å². The van der Waals surface area contributed by atoms with Crippen LogP contribution in [0.2, 0.25) is 0 Å². The molecule has 1 aliphatic rings. The van der Waals surface area contributed by atoms with Crippen molar-refractivity contribution in [1.29, 1.82) is 0 Å². The molecule has 8 nitrogen and oxygen atoms in total. The first-order chi connectivity index (χ1) is 15.6. The molecule has 0 bridgehead atoms. The van der Waals surface area contributed by atoms with Gasteiger partial charge in [-0.3, -0.25) is 4.79 Å². The van der Waals surface area contributed by atoms with E-state index in [1.807, 2.05) is 36.4 Å². The van der Waals surface area contributed by atoms with Gasteiger partial charge in [0.15, 0.2) is 11.5 Å². The van der Waals surface area contributed by atoms with Crippen LogP contribution in [0.4, 0.5) is 11.5 Å². The minimum absolute atomic E-state index is 0.0718. The highest BCUT2D eigenvalue weighted by atomic mass is 16.5. The number of piperidine rings is 1. The van der Waals surface area contributed by atoms with Crippen LogP contribution in [-0.2, 0) is 4.79 Å². The predicted octanol–water partition coefficient (Wildman–Crippen LogP) is 2.73. The van der Waals surface area contributed by atoms with Crippen molar-refractivity contribution < 1.29 is 19.4 Å². The van der Waals surface area contributed by atoms with Gasteiger partial charge >= 0.3 is 0 Å². The Kier molecular flexibility index (Phi) is 6.38. The molecule has 1 saturated heterocycles. The zero-order valence-corrected chi connectivity index (χ0v) is 17.7. The van der Waals surface area contributed by atoms with E-state index in [9.17, 15) is 4.79 Å². The molecule has 0 unspecified atom stereocenters. The summed E-state index contributed by atoms with van der Waals surface area (Å²) in [6.07, 6.45) is 8.26. The Morgan fingerprint density at radius 3 is 2.78 bits per heavy atom. The third-order valence-corrected chi connectivity index (χ3v) is 5.44. The second kappa shape index (κ2) is 9.54. The van der Waals surface area contributed by atoms with Gasteiger partial charge in [-0.1, -0.05) is 12.0 Å². The number of likely N-dealkylation sites (tertiary alicyclic amines) is 1. The van der Waals surface area contributed by atoms with Crippen molar-refractivity contribution in [1.82, 2.24) is 14.9 Å². The predicted molar refractivity (Wildman–Crippen MR) is 121 cm³/mol. The largest absolute Gasteiger partial charge is 0.493 e. The van der Waals surface area contributed by atoms with Crippen LogP contribution in [0.5, 0.6) is 11.5 Å². The van der Waals surface area contributed by atoms with Crippen LogP contribution in [-0.4, -0.2) is 58.8 Å². The summed E-state index contributed by atoms with van der Waals surface area (Å²) in [5.74, 6) is 4.15. The Bertz CT molecular complexity index is 1170. The Hall–Kier alpha value is -3.83. The number of carbonyl (C=O) groups is 1. The fraction of sp³-hybridized carbons (Fsp3) is 0.292. The van der Waals surface area contributed by atoms with Gasteiger partial charge in [0, 0.05) is 48.6 Å². The van der Waals surface area contributed by atoms with Crippen LogP contribution in [0.1, 0.15) is 18.4 Å². The topological polar surface area (TPSA) is 96.8 Å². The molecule has 0 spiro atoms. The lowest BCUT2D eigenvalue weighted by Gasteiger charge is -2.32. The molecule has 1 aromatic heterocycles. The van der Waals surface area contributed by atoms with Crippen molar-refractivity contribution in [2.45, 2.75) is 18.9 Å². The van der Waals surface area contributed by atoms with Gasteiger partial charge in [-0.05, 0) is 24.3 Å². The molecule has 1 amide bonds. The van der Waals surface area contributed by atoms with Gasteiger partial charge in [0.1, 0.15) is 24.9 Å². The number of hydrogen-bond acceptors (Lipinski definition) is 7. The number of benzene rings is 2. The Morgan fingerprint density at radius 1 is 1.25 bits per heavy atom. The number of amides is 1.